The molecule has 0 aromatic carbocycles. The smallest absolute Gasteiger partial charge is 0.269 e. The number of nitrogens with one attached hydrogen (secondary N) is 3. The molecule has 1 heterocycles. The van der Waals surface area contributed by atoms with Crippen LogP contribution in [0.3, 0.4) is 0 Å². The summed E-state index contributed by atoms with van der Waals surface area (Å²) >= 11 is 0. The van der Waals surface area contributed by atoms with Crippen LogP contribution in [0.25, 0.3) is 0 Å². The Kier molecular flexibility index (Phi) is 5.45. The third-order valence-corrected chi connectivity index (χ3v) is 2.31. The molecule has 0 bridgehead atoms. The van der Waals surface area contributed by atoms with Crippen molar-refractivity contribution in [2.24, 2.45) is 5.84 Å². The van der Waals surface area contributed by atoms with E-state index in [4.69, 9.17) is 5.84 Å². The molecule has 0 atom stereocenters. The number of hydrazine groups is 1. The summed E-state index contributed by atoms with van der Waals surface area (Å²) in [6.45, 7) is 5.97. The van der Waals surface area contributed by atoms with Crippen LogP contribution in [-0.2, 0) is 4.79 Å². The average Bonchev–Trinajstić information content (AvgIpc) is 2.36. The van der Waals surface area contributed by atoms with Gasteiger partial charge in [0.05, 0.1) is 11.9 Å². The molecule has 7 heteroatoms. The minimum absolute atomic E-state index is 0.103. The van der Waals surface area contributed by atoms with Crippen LogP contribution in [0.4, 0.5) is 5.69 Å². The monoisotopic (exact) mass is 279 g/mol. The Morgan fingerprint density at radius 2 is 2.00 bits per heavy atom. The molecular formula is C13H21N5O2. The first-order valence-electron chi connectivity index (χ1n) is 6.34. The number of nitrogen functional groups attached to an aromatic ring is 1. The zero-order valence-corrected chi connectivity index (χ0v) is 12.0. The molecule has 0 spiro atoms. The van der Waals surface area contributed by atoms with Gasteiger partial charge in [-0.1, -0.05) is 0 Å². The van der Waals surface area contributed by atoms with Crippen LogP contribution in [0, 0.1) is 0 Å². The van der Waals surface area contributed by atoms with Gasteiger partial charge in [0.2, 0.25) is 5.91 Å². The van der Waals surface area contributed by atoms with Crippen LogP contribution < -0.4 is 21.9 Å². The summed E-state index contributed by atoms with van der Waals surface area (Å²) in [5, 5.41) is 5.46. The molecule has 2 amide bonds. The van der Waals surface area contributed by atoms with E-state index in [1.54, 1.807) is 12.1 Å². The van der Waals surface area contributed by atoms with Gasteiger partial charge in [-0.15, -0.1) is 0 Å². The van der Waals surface area contributed by atoms with Gasteiger partial charge in [0.15, 0.2) is 0 Å². The Labute approximate surface area is 118 Å². The van der Waals surface area contributed by atoms with Crippen molar-refractivity contribution < 1.29 is 9.59 Å². The van der Waals surface area contributed by atoms with E-state index in [2.05, 4.69) is 21.0 Å². The number of carbonyl (C=O) groups is 2. The van der Waals surface area contributed by atoms with E-state index in [0.29, 0.717) is 5.69 Å². The quantitative estimate of drug-likeness (QED) is 0.461. The Bertz CT molecular complexity index is 465. The van der Waals surface area contributed by atoms with Crippen molar-refractivity contribution >= 4 is 17.5 Å². The van der Waals surface area contributed by atoms with Crippen molar-refractivity contribution in [3.05, 3.63) is 24.0 Å². The van der Waals surface area contributed by atoms with Crippen LogP contribution in [0.1, 0.15) is 37.7 Å². The highest BCUT2D eigenvalue weighted by atomic mass is 16.2. The highest BCUT2D eigenvalue weighted by Crippen LogP contribution is 2.04. The van der Waals surface area contributed by atoms with E-state index in [-0.39, 0.29) is 36.0 Å². The van der Waals surface area contributed by atoms with Crippen LogP contribution in [0.2, 0.25) is 0 Å². The van der Waals surface area contributed by atoms with Gasteiger partial charge >= 0.3 is 0 Å². The summed E-state index contributed by atoms with van der Waals surface area (Å²) in [5.41, 5.74) is 3.05. The van der Waals surface area contributed by atoms with Crippen molar-refractivity contribution in [2.75, 3.05) is 12.0 Å². The molecule has 1 aromatic rings. The van der Waals surface area contributed by atoms with E-state index in [1.807, 2.05) is 20.8 Å². The van der Waals surface area contributed by atoms with Crippen LogP contribution in [-0.4, -0.2) is 28.9 Å². The van der Waals surface area contributed by atoms with E-state index >= 15 is 0 Å². The minimum Gasteiger partial charge on any atom is -0.351 e. The Balaban J connectivity index is 2.38. The van der Waals surface area contributed by atoms with Gasteiger partial charge in [-0.05, 0) is 32.9 Å². The number of hydrogen-bond donors (Lipinski definition) is 4. The lowest BCUT2D eigenvalue weighted by Crippen LogP contribution is -2.42. The molecule has 0 saturated carbocycles. The number of nitrogens with zero attached hydrogens (tertiary/aromatic N) is 1. The molecule has 0 fully saturated rings. The zero-order chi connectivity index (χ0) is 15.2. The fourth-order valence-electron chi connectivity index (χ4n) is 1.47. The highest BCUT2D eigenvalue weighted by Gasteiger charge is 2.14. The average molecular weight is 279 g/mol. The number of pyridine rings is 1. The first kappa shape index (κ1) is 15.9. The van der Waals surface area contributed by atoms with E-state index in [9.17, 15) is 9.59 Å². The Morgan fingerprint density at radius 1 is 1.30 bits per heavy atom. The number of carbonyl (C=O) groups excluding carboxylic acids is 2. The fourth-order valence-corrected chi connectivity index (χ4v) is 1.47. The molecular weight excluding hydrogens is 258 g/mol. The molecule has 110 valence electrons. The first-order chi connectivity index (χ1) is 9.31. The van der Waals surface area contributed by atoms with E-state index in [1.165, 1.54) is 6.20 Å². The molecule has 0 unspecified atom stereocenters. The molecule has 0 aliphatic heterocycles. The molecule has 20 heavy (non-hydrogen) atoms. The maximum atomic E-state index is 11.8. The number of nitrogens with two attached hydrogens (primary N) is 1. The minimum atomic E-state index is -0.322. The second-order valence-electron chi connectivity index (χ2n) is 5.38. The topological polar surface area (TPSA) is 109 Å². The third kappa shape index (κ3) is 5.66. The van der Waals surface area contributed by atoms with Crippen molar-refractivity contribution in [3.8, 4) is 0 Å². The number of hydrogen-bond acceptors (Lipinski definition) is 5. The lowest BCUT2D eigenvalue weighted by molar-refractivity contribution is -0.122. The van der Waals surface area contributed by atoms with Crippen molar-refractivity contribution in [1.82, 2.24) is 15.6 Å². The number of amides is 2. The second-order valence-corrected chi connectivity index (χ2v) is 5.38. The van der Waals surface area contributed by atoms with Crippen LogP contribution in [0.5, 0.6) is 0 Å². The predicted octanol–water partition coefficient (Wildman–Crippen LogP) is 0.402. The molecule has 0 aliphatic rings. The molecule has 0 aliphatic carbocycles. The molecule has 1 aromatic heterocycles. The summed E-state index contributed by atoms with van der Waals surface area (Å²) in [7, 11) is 0. The van der Waals surface area contributed by atoms with Gasteiger partial charge in [0.1, 0.15) is 5.69 Å². The normalized spacial score (nSPS) is 10.8. The molecule has 0 radical (unpaired) electrons. The van der Waals surface area contributed by atoms with Crippen LogP contribution in [0.15, 0.2) is 18.3 Å². The Hall–Kier alpha value is -2.15. The van der Waals surface area contributed by atoms with Gasteiger partial charge in [-0.3, -0.25) is 15.4 Å². The van der Waals surface area contributed by atoms with Crippen molar-refractivity contribution in [3.63, 3.8) is 0 Å². The summed E-state index contributed by atoms with van der Waals surface area (Å²) in [4.78, 5) is 27.3. The maximum absolute atomic E-state index is 11.8. The van der Waals surface area contributed by atoms with Gasteiger partial charge < -0.3 is 16.1 Å². The lowest BCUT2D eigenvalue weighted by Gasteiger charge is -2.20. The zero-order valence-electron chi connectivity index (χ0n) is 12.0. The van der Waals surface area contributed by atoms with Crippen molar-refractivity contribution in [1.29, 1.82) is 0 Å². The maximum Gasteiger partial charge on any atom is 0.269 e. The van der Waals surface area contributed by atoms with E-state index in [0.717, 1.165) is 0 Å². The molecule has 7 nitrogen and oxygen atoms in total. The molecule has 5 N–H and O–H groups in total. The molecule has 0 saturated heterocycles. The largest absolute Gasteiger partial charge is 0.351 e. The van der Waals surface area contributed by atoms with Gasteiger partial charge in [0.25, 0.3) is 5.91 Å². The summed E-state index contributed by atoms with van der Waals surface area (Å²) in [6.07, 6.45) is 1.69. The fraction of sp³-hybridized carbons (Fsp3) is 0.462. The first-order valence-corrected chi connectivity index (χ1v) is 6.34. The molecule has 1 rings (SSSR count). The summed E-state index contributed by atoms with van der Waals surface area (Å²) < 4.78 is 0. The number of aromatic nitrogens is 1. The van der Waals surface area contributed by atoms with Gasteiger partial charge in [0, 0.05) is 18.5 Å². The lowest BCUT2D eigenvalue weighted by atomic mass is 10.1. The Morgan fingerprint density at radius 3 is 2.50 bits per heavy atom. The third-order valence-electron chi connectivity index (χ3n) is 2.31. The standard InChI is InChI=1S/C13H21N5O2/c1-13(2,3)17-11(19)6-7-15-12(20)10-5-4-9(18-14)8-16-10/h4-5,8,18H,6-7,14H2,1-3H3,(H,15,20)(H,17,19). The van der Waals surface area contributed by atoms with Gasteiger partial charge in [-0.25, -0.2) is 4.98 Å². The highest BCUT2D eigenvalue weighted by molar-refractivity contribution is 5.92. The predicted molar refractivity (Wildman–Crippen MR) is 76.9 cm³/mol. The van der Waals surface area contributed by atoms with E-state index < -0.39 is 0 Å². The summed E-state index contributed by atoms with van der Waals surface area (Å²) in [5.74, 6) is 4.78. The number of rotatable bonds is 5. The number of anilines is 1. The van der Waals surface area contributed by atoms with Gasteiger partial charge in [-0.2, -0.15) is 0 Å². The van der Waals surface area contributed by atoms with Crippen molar-refractivity contribution in [2.45, 2.75) is 32.7 Å². The second kappa shape index (κ2) is 6.85. The SMILES string of the molecule is CC(C)(C)NC(=O)CCNC(=O)c1ccc(NN)cn1. The summed E-state index contributed by atoms with van der Waals surface area (Å²) in [6, 6.07) is 3.20. The van der Waals surface area contributed by atoms with Crippen LogP contribution >= 0.6 is 0 Å².